The summed E-state index contributed by atoms with van der Waals surface area (Å²) in [7, 11) is 4.00. The third-order valence-electron chi connectivity index (χ3n) is 4.92. The van der Waals surface area contributed by atoms with Gasteiger partial charge in [-0.15, -0.1) is 0 Å². The summed E-state index contributed by atoms with van der Waals surface area (Å²) >= 11 is 0. The summed E-state index contributed by atoms with van der Waals surface area (Å²) in [5.41, 5.74) is 1.90. The van der Waals surface area contributed by atoms with E-state index in [-0.39, 0.29) is 10.6 Å². The van der Waals surface area contributed by atoms with Crippen LogP contribution in [0.5, 0.6) is 0 Å². The van der Waals surface area contributed by atoms with Crippen molar-refractivity contribution >= 4 is 17.1 Å². The molecule has 2 fully saturated rings. The summed E-state index contributed by atoms with van der Waals surface area (Å²) in [5.74, 6) is 0. The number of nitrogens with one attached hydrogen (secondary N) is 1. The number of hydrogen-bond acceptors (Lipinski definition) is 5. The summed E-state index contributed by atoms with van der Waals surface area (Å²) < 4.78 is 0. The Balaban J connectivity index is 1.89. The normalized spacial score (nSPS) is 25.7. The number of nitrogens with zero attached hydrogens (tertiary/aromatic N) is 3. The van der Waals surface area contributed by atoms with Gasteiger partial charge in [-0.3, -0.25) is 15.0 Å². The van der Waals surface area contributed by atoms with Crippen LogP contribution >= 0.6 is 0 Å². The van der Waals surface area contributed by atoms with Gasteiger partial charge >= 0.3 is 0 Å². The average Bonchev–Trinajstić information content (AvgIpc) is 2.71. The number of nitro groups is 1. The average molecular weight is 290 g/mol. The fourth-order valence-corrected chi connectivity index (χ4v) is 3.57. The third-order valence-corrected chi connectivity index (χ3v) is 4.92. The molecule has 1 aromatic rings. The second kappa shape index (κ2) is 5.52. The van der Waals surface area contributed by atoms with Gasteiger partial charge < -0.3 is 10.2 Å². The molecule has 0 amide bonds. The molecule has 114 valence electrons. The van der Waals surface area contributed by atoms with Gasteiger partial charge in [0.15, 0.2) is 0 Å². The predicted octanol–water partition coefficient (Wildman–Crippen LogP) is 2.31. The summed E-state index contributed by atoms with van der Waals surface area (Å²) in [4.78, 5) is 15.6. The number of nitro benzene ring substituents is 1. The zero-order valence-electron chi connectivity index (χ0n) is 12.6. The minimum atomic E-state index is -0.319. The largest absolute Gasteiger partial charge is 0.388 e. The quantitative estimate of drug-likeness (QED) is 0.683. The van der Waals surface area contributed by atoms with Crippen molar-refractivity contribution in [2.24, 2.45) is 0 Å². The monoisotopic (exact) mass is 290 g/mol. The lowest BCUT2D eigenvalue weighted by atomic mass is 10.1. The number of benzene rings is 1. The first-order valence-corrected chi connectivity index (χ1v) is 7.52. The van der Waals surface area contributed by atoms with E-state index < -0.39 is 0 Å². The van der Waals surface area contributed by atoms with Gasteiger partial charge in [0, 0.05) is 55.7 Å². The Bertz CT molecular complexity index is 548. The highest BCUT2D eigenvalue weighted by atomic mass is 16.6. The number of hydrogen-bond donors (Lipinski definition) is 1. The van der Waals surface area contributed by atoms with Crippen molar-refractivity contribution in [2.45, 2.75) is 31.3 Å². The van der Waals surface area contributed by atoms with E-state index in [9.17, 15) is 10.1 Å². The Kier molecular flexibility index (Phi) is 3.71. The Labute approximate surface area is 124 Å². The summed E-state index contributed by atoms with van der Waals surface area (Å²) in [6.07, 6.45) is 3.64. The molecule has 21 heavy (non-hydrogen) atoms. The standard InChI is InChI=1S/C15H22N4O2/c1-16-11-7-14(9-15(8-11)19(20)21)18-6-5-12-3-4-13(10-18)17(12)2/h7-9,12-13,16H,3-6,10H2,1-2H3. The number of rotatable bonds is 3. The zero-order chi connectivity index (χ0) is 15.0. The van der Waals surface area contributed by atoms with Crippen LogP contribution in [0.3, 0.4) is 0 Å². The topological polar surface area (TPSA) is 61.6 Å². The van der Waals surface area contributed by atoms with E-state index in [1.165, 1.54) is 12.8 Å². The van der Waals surface area contributed by atoms with Crippen molar-refractivity contribution in [3.8, 4) is 0 Å². The number of non-ortho nitro benzene ring substituents is 1. The SMILES string of the molecule is CNc1cc(N2CCC3CCC(C2)N3C)cc([N+](=O)[O-])c1. The Morgan fingerprint density at radius 1 is 1.24 bits per heavy atom. The Morgan fingerprint density at radius 3 is 2.71 bits per heavy atom. The molecule has 0 aliphatic carbocycles. The van der Waals surface area contributed by atoms with Gasteiger partial charge in [-0.2, -0.15) is 0 Å². The molecule has 0 radical (unpaired) electrons. The molecule has 0 aromatic heterocycles. The van der Waals surface area contributed by atoms with Crippen molar-refractivity contribution in [1.82, 2.24) is 4.90 Å². The van der Waals surface area contributed by atoms with Gasteiger partial charge in [0.1, 0.15) is 0 Å². The van der Waals surface area contributed by atoms with Gasteiger partial charge in [-0.05, 0) is 32.4 Å². The lowest BCUT2D eigenvalue weighted by Crippen LogP contribution is -2.36. The number of fused-ring (bicyclic) bond motifs is 2. The molecule has 3 rings (SSSR count). The molecule has 2 heterocycles. The lowest BCUT2D eigenvalue weighted by molar-refractivity contribution is -0.384. The van der Waals surface area contributed by atoms with Gasteiger partial charge in [0.05, 0.1) is 4.92 Å². The minimum Gasteiger partial charge on any atom is -0.388 e. The van der Waals surface area contributed by atoms with Crippen molar-refractivity contribution < 1.29 is 4.92 Å². The maximum atomic E-state index is 11.1. The van der Waals surface area contributed by atoms with E-state index in [1.807, 2.05) is 6.07 Å². The van der Waals surface area contributed by atoms with E-state index in [0.29, 0.717) is 12.1 Å². The summed E-state index contributed by atoms with van der Waals surface area (Å²) in [6, 6.07) is 6.52. The first-order valence-electron chi connectivity index (χ1n) is 7.52. The lowest BCUT2D eigenvalue weighted by Gasteiger charge is -2.27. The maximum Gasteiger partial charge on any atom is 0.273 e. The number of likely N-dealkylation sites (N-methyl/N-ethyl adjacent to an activating group) is 1. The molecule has 6 nitrogen and oxygen atoms in total. The molecule has 0 spiro atoms. The van der Waals surface area contributed by atoms with Crippen molar-refractivity contribution in [3.05, 3.63) is 28.3 Å². The first kappa shape index (κ1) is 14.1. The molecular weight excluding hydrogens is 268 g/mol. The summed E-state index contributed by atoms with van der Waals surface area (Å²) in [5, 5.41) is 14.1. The third kappa shape index (κ3) is 2.68. The van der Waals surface area contributed by atoms with E-state index >= 15 is 0 Å². The zero-order valence-corrected chi connectivity index (χ0v) is 12.6. The highest BCUT2D eigenvalue weighted by Crippen LogP contribution is 2.33. The van der Waals surface area contributed by atoms with Crippen LogP contribution in [0.4, 0.5) is 17.1 Å². The van der Waals surface area contributed by atoms with Crippen LogP contribution in [0.2, 0.25) is 0 Å². The van der Waals surface area contributed by atoms with Gasteiger partial charge in [-0.1, -0.05) is 0 Å². The van der Waals surface area contributed by atoms with Crippen molar-refractivity contribution in [1.29, 1.82) is 0 Å². The fourth-order valence-electron chi connectivity index (χ4n) is 3.57. The van der Waals surface area contributed by atoms with Crippen molar-refractivity contribution in [3.63, 3.8) is 0 Å². The van der Waals surface area contributed by atoms with E-state index in [1.54, 1.807) is 19.2 Å². The van der Waals surface area contributed by atoms with Gasteiger partial charge in [-0.25, -0.2) is 0 Å². The van der Waals surface area contributed by atoms with Gasteiger partial charge in [0.25, 0.3) is 5.69 Å². The molecule has 2 atom stereocenters. The van der Waals surface area contributed by atoms with Crippen LogP contribution in [0.25, 0.3) is 0 Å². The second-order valence-electron chi connectivity index (χ2n) is 6.03. The van der Waals surface area contributed by atoms with Crippen LogP contribution in [0.15, 0.2) is 18.2 Å². The van der Waals surface area contributed by atoms with Crippen molar-refractivity contribution in [2.75, 3.05) is 37.4 Å². The summed E-state index contributed by atoms with van der Waals surface area (Å²) in [6.45, 7) is 1.92. The van der Waals surface area contributed by atoms with Gasteiger partial charge in [0.2, 0.25) is 0 Å². The highest BCUT2D eigenvalue weighted by molar-refractivity contribution is 5.64. The molecule has 2 unspecified atom stereocenters. The molecule has 1 N–H and O–H groups in total. The molecule has 1 aromatic carbocycles. The van der Waals surface area contributed by atoms with E-state index in [0.717, 1.165) is 30.9 Å². The molecule has 2 aliphatic rings. The Morgan fingerprint density at radius 2 is 2.00 bits per heavy atom. The molecular formula is C15H22N4O2. The maximum absolute atomic E-state index is 11.1. The first-order chi connectivity index (χ1) is 10.1. The van der Waals surface area contributed by atoms with E-state index in [4.69, 9.17) is 0 Å². The minimum absolute atomic E-state index is 0.152. The van der Waals surface area contributed by atoms with Crippen LogP contribution in [0, 0.1) is 10.1 Å². The molecule has 2 bridgehead atoms. The predicted molar refractivity (Wildman–Crippen MR) is 84.0 cm³/mol. The smallest absolute Gasteiger partial charge is 0.273 e. The van der Waals surface area contributed by atoms with E-state index in [2.05, 4.69) is 22.2 Å². The van der Waals surface area contributed by atoms with Crippen LogP contribution < -0.4 is 10.2 Å². The molecule has 0 saturated carbocycles. The number of anilines is 2. The van der Waals surface area contributed by atoms with Crippen LogP contribution in [-0.4, -0.2) is 49.1 Å². The molecule has 2 saturated heterocycles. The highest BCUT2D eigenvalue weighted by Gasteiger charge is 2.34. The fraction of sp³-hybridized carbons (Fsp3) is 0.600. The van der Waals surface area contributed by atoms with Crippen LogP contribution in [-0.2, 0) is 0 Å². The Hall–Kier alpha value is -1.82. The molecule has 2 aliphatic heterocycles. The second-order valence-corrected chi connectivity index (χ2v) is 6.03. The molecule has 6 heteroatoms. The van der Waals surface area contributed by atoms with Crippen LogP contribution in [0.1, 0.15) is 19.3 Å².